The number of benzene rings is 4. The summed E-state index contributed by atoms with van der Waals surface area (Å²) in [6.07, 6.45) is 5.07. The van der Waals surface area contributed by atoms with Gasteiger partial charge in [-0.2, -0.15) is 0 Å². The van der Waals surface area contributed by atoms with Gasteiger partial charge in [-0.3, -0.25) is 0 Å². The molecule has 1 aromatic heterocycles. The molecule has 0 radical (unpaired) electrons. The van der Waals surface area contributed by atoms with Gasteiger partial charge in [-0.25, -0.2) is 0 Å². The Balaban J connectivity index is 1.51. The molecule has 2 unspecified atom stereocenters. The molecule has 5 aromatic rings. The predicted octanol–water partition coefficient (Wildman–Crippen LogP) is 9.45. The molecule has 186 valence electrons. The van der Waals surface area contributed by atoms with E-state index >= 15 is 0 Å². The summed E-state index contributed by atoms with van der Waals surface area (Å²) in [5, 5.41) is 2.62. The number of rotatable bonds is 2. The van der Waals surface area contributed by atoms with Gasteiger partial charge in [0.15, 0.2) is 0 Å². The van der Waals surface area contributed by atoms with Gasteiger partial charge in [-0.1, -0.05) is 62.2 Å². The van der Waals surface area contributed by atoms with Crippen LogP contribution in [0.25, 0.3) is 27.5 Å². The molecule has 2 heterocycles. The van der Waals surface area contributed by atoms with Gasteiger partial charge < -0.3 is 9.47 Å². The van der Waals surface area contributed by atoms with Crippen LogP contribution in [0.4, 0.5) is 11.4 Å². The molecular formula is C35H36N2. The average Bonchev–Trinajstić information content (AvgIpc) is 3.30. The molecule has 0 saturated heterocycles. The van der Waals surface area contributed by atoms with Crippen LogP contribution < -0.4 is 4.90 Å². The van der Waals surface area contributed by atoms with Crippen molar-refractivity contribution in [3.8, 4) is 5.69 Å². The molecule has 2 aliphatic rings. The molecule has 4 aromatic carbocycles. The highest BCUT2D eigenvalue weighted by Crippen LogP contribution is 2.61. The molecule has 2 nitrogen and oxygen atoms in total. The van der Waals surface area contributed by atoms with Gasteiger partial charge in [0.2, 0.25) is 0 Å². The molecule has 1 aliphatic carbocycles. The lowest BCUT2D eigenvalue weighted by atomic mass is 9.61. The predicted molar refractivity (Wildman–Crippen MR) is 158 cm³/mol. The quantitative estimate of drug-likeness (QED) is 0.242. The largest absolute Gasteiger partial charge is 0.334 e. The van der Waals surface area contributed by atoms with Crippen LogP contribution in [0, 0.1) is 20.8 Å². The number of nitrogens with zero attached hydrogens (tertiary/aromatic N) is 2. The van der Waals surface area contributed by atoms with Gasteiger partial charge >= 0.3 is 0 Å². The van der Waals surface area contributed by atoms with E-state index < -0.39 is 0 Å². The maximum atomic E-state index is 2.73. The molecule has 1 saturated carbocycles. The van der Waals surface area contributed by atoms with Crippen LogP contribution in [0.5, 0.6) is 0 Å². The van der Waals surface area contributed by atoms with Crippen molar-refractivity contribution in [3.63, 3.8) is 0 Å². The van der Waals surface area contributed by atoms with Crippen LogP contribution >= 0.6 is 0 Å². The number of aromatic nitrogens is 1. The third-order valence-corrected chi connectivity index (χ3v) is 9.67. The zero-order valence-corrected chi connectivity index (χ0v) is 22.7. The van der Waals surface area contributed by atoms with Crippen molar-refractivity contribution in [3.05, 3.63) is 101 Å². The van der Waals surface area contributed by atoms with E-state index in [1.54, 1.807) is 5.56 Å². The van der Waals surface area contributed by atoms with Crippen LogP contribution in [0.15, 0.2) is 78.9 Å². The second-order valence-electron chi connectivity index (χ2n) is 12.0. The number of aryl methyl sites for hydroxylation is 3. The fraction of sp³-hybridized carbons (Fsp3) is 0.314. The van der Waals surface area contributed by atoms with Crippen LogP contribution in [0.2, 0.25) is 0 Å². The highest BCUT2D eigenvalue weighted by Gasteiger charge is 2.58. The van der Waals surface area contributed by atoms with Crippen molar-refractivity contribution < 1.29 is 0 Å². The Morgan fingerprint density at radius 3 is 1.95 bits per heavy atom. The van der Waals surface area contributed by atoms with E-state index in [9.17, 15) is 0 Å². The Morgan fingerprint density at radius 2 is 1.24 bits per heavy atom. The second-order valence-corrected chi connectivity index (χ2v) is 12.0. The molecule has 0 spiro atoms. The van der Waals surface area contributed by atoms with Crippen molar-refractivity contribution >= 4 is 33.2 Å². The lowest BCUT2D eigenvalue weighted by molar-refractivity contribution is 0.194. The minimum Gasteiger partial charge on any atom is -0.334 e. The lowest BCUT2D eigenvalue weighted by Crippen LogP contribution is -2.54. The molecule has 7 rings (SSSR count). The Labute approximate surface area is 220 Å². The van der Waals surface area contributed by atoms with E-state index in [1.807, 2.05) is 0 Å². The molecular weight excluding hydrogens is 448 g/mol. The third-order valence-electron chi connectivity index (χ3n) is 9.67. The van der Waals surface area contributed by atoms with Crippen molar-refractivity contribution in [2.75, 3.05) is 4.90 Å². The molecule has 1 aliphatic heterocycles. The van der Waals surface area contributed by atoms with Gasteiger partial charge in [0.05, 0.1) is 16.6 Å². The molecule has 1 fully saturated rings. The number of hydrogen-bond acceptors (Lipinski definition) is 1. The first-order chi connectivity index (χ1) is 17.8. The monoisotopic (exact) mass is 484 g/mol. The fourth-order valence-electron chi connectivity index (χ4n) is 7.98. The molecule has 2 atom stereocenters. The van der Waals surface area contributed by atoms with Crippen LogP contribution in [-0.2, 0) is 5.41 Å². The van der Waals surface area contributed by atoms with Crippen LogP contribution in [0.3, 0.4) is 0 Å². The van der Waals surface area contributed by atoms with Crippen LogP contribution in [0.1, 0.15) is 61.8 Å². The topological polar surface area (TPSA) is 8.17 Å². The summed E-state index contributed by atoms with van der Waals surface area (Å²) in [4.78, 5) is 2.73. The third kappa shape index (κ3) is 2.99. The SMILES string of the molecule is Cc1cc(N2c3cc(C)cc(C)c3C3(C)CCCCC23C)cc(-n2c3ccccc3c3ccccc32)c1. The van der Waals surface area contributed by atoms with E-state index in [2.05, 4.69) is 123 Å². The minimum atomic E-state index is 0.0536. The highest BCUT2D eigenvalue weighted by atomic mass is 15.3. The Morgan fingerprint density at radius 1 is 0.649 bits per heavy atom. The van der Waals surface area contributed by atoms with E-state index in [0.717, 1.165) is 0 Å². The summed E-state index contributed by atoms with van der Waals surface area (Å²) in [7, 11) is 0. The molecule has 37 heavy (non-hydrogen) atoms. The van der Waals surface area contributed by atoms with Crippen molar-refractivity contribution in [1.82, 2.24) is 4.57 Å². The first kappa shape index (κ1) is 22.7. The summed E-state index contributed by atoms with van der Waals surface area (Å²) < 4.78 is 2.46. The van der Waals surface area contributed by atoms with Gasteiger partial charge in [0.25, 0.3) is 0 Å². The summed E-state index contributed by atoms with van der Waals surface area (Å²) >= 11 is 0. The number of para-hydroxylation sites is 2. The standard InChI is InChI=1S/C35H36N2/c1-23-18-25(3)33-32(21-23)37(35(5)17-11-10-16-34(33,35)4)27-20-24(2)19-26(22-27)36-30-14-8-6-12-28(30)29-13-7-9-15-31(29)36/h6-9,12-15,18-22H,10-11,16-17H2,1-5H3. The Kier molecular flexibility index (Phi) is 4.74. The summed E-state index contributed by atoms with van der Waals surface area (Å²) in [6.45, 7) is 11.9. The molecule has 2 heteroatoms. The molecule has 0 bridgehead atoms. The normalized spacial score (nSPS) is 23.0. The van der Waals surface area contributed by atoms with Gasteiger partial charge in [-0.15, -0.1) is 0 Å². The maximum Gasteiger partial charge on any atom is 0.0541 e. The summed E-state index contributed by atoms with van der Waals surface area (Å²) in [6, 6.07) is 29.7. The van der Waals surface area contributed by atoms with E-state index in [-0.39, 0.29) is 11.0 Å². The van der Waals surface area contributed by atoms with E-state index in [0.29, 0.717) is 0 Å². The number of fused-ring (bicyclic) bond motifs is 6. The zero-order valence-electron chi connectivity index (χ0n) is 22.7. The van der Waals surface area contributed by atoms with Gasteiger partial charge in [-0.05, 0) is 99.2 Å². The second kappa shape index (κ2) is 7.74. The molecule has 0 N–H and O–H groups in total. The van der Waals surface area contributed by atoms with Crippen molar-refractivity contribution in [2.45, 2.75) is 71.3 Å². The van der Waals surface area contributed by atoms with Crippen LogP contribution in [-0.4, -0.2) is 10.1 Å². The first-order valence-electron chi connectivity index (χ1n) is 13.8. The Hall–Kier alpha value is -3.52. The Bertz CT molecular complexity index is 1650. The number of hydrogen-bond donors (Lipinski definition) is 0. The van der Waals surface area contributed by atoms with E-state index in [4.69, 9.17) is 0 Å². The lowest BCUT2D eigenvalue weighted by Gasteiger charge is -2.50. The average molecular weight is 485 g/mol. The number of anilines is 2. The smallest absolute Gasteiger partial charge is 0.0541 e. The zero-order chi connectivity index (χ0) is 25.5. The van der Waals surface area contributed by atoms with Gasteiger partial charge in [0.1, 0.15) is 0 Å². The molecule has 0 amide bonds. The maximum absolute atomic E-state index is 2.73. The first-order valence-corrected chi connectivity index (χ1v) is 13.8. The highest BCUT2D eigenvalue weighted by molar-refractivity contribution is 6.09. The fourth-order valence-corrected chi connectivity index (χ4v) is 7.98. The summed E-state index contributed by atoms with van der Waals surface area (Å²) in [5.41, 5.74) is 12.4. The van der Waals surface area contributed by atoms with Gasteiger partial charge in [0, 0.05) is 33.2 Å². The van der Waals surface area contributed by atoms with E-state index in [1.165, 1.54) is 81.2 Å². The summed E-state index contributed by atoms with van der Waals surface area (Å²) in [5.74, 6) is 0. The van der Waals surface area contributed by atoms with Crippen molar-refractivity contribution in [1.29, 1.82) is 0 Å². The van der Waals surface area contributed by atoms with Crippen molar-refractivity contribution in [2.24, 2.45) is 0 Å². The minimum absolute atomic E-state index is 0.0536.